The van der Waals surface area contributed by atoms with Crippen LogP contribution in [0.4, 0.5) is 0 Å². The van der Waals surface area contributed by atoms with Crippen molar-refractivity contribution in [2.24, 2.45) is 0 Å². The van der Waals surface area contributed by atoms with Crippen LogP contribution in [-0.4, -0.2) is 89.2 Å². The van der Waals surface area contributed by atoms with E-state index >= 15 is 0 Å². The fourth-order valence-corrected chi connectivity index (χ4v) is 9.65. The number of carbonyl (C=O) groups is 4. The number of aliphatic hydroxyl groups is 2. The third-order valence-electron chi connectivity index (χ3n) is 14.6. The summed E-state index contributed by atoms with van der Waals surface area (Å²) in [6, 6.07) is 0. The average molecular weight is 1110 g/mol. The summed E-state index contributed by atoms with van der Waals surface area (Å²) in [6.45, 7) is 5.88. The van der Waals surface area contributed by atoms with Crippen LogP contribution in [0.15, 0.2) is 60.8 Å². The van der Waals surface area contributed by atoms with Gasteiger partial charge < -0.3 is 39.0 Å². The van der Waals surface area contributed by atoms with Gasteiger partial charge in [0.05, 0.1) is 6.61 Å². The Hall–Kier alpha value is -3.58. The number of rotatable bonds is 55. The maximum absolute atomic E-state index is 13.2. The van der Waals surface area contributed by atoms with Crippen molar-refractivity contribution in [3.8, 4) is 0 Å². The van der Waals surface area contributed by atoms with Crippen LogP contribution in [-0.2, 0) is 42.9 Å². The summed E-state index contributed by atoms with van der Waals surface area (Å²) in [4.78, 5) is 51.3. The van der Waals surface area contributed by atoms with Gasteiger partial charge in [0.1, 0.15) is 18.8 Å². The number of unbranched alkanes of at least 4 members (excludes halogenated alkanes) is 31. The number of carbonyl (C=O) groups excluding carboxylic acids is 3. The summed E-state index contributed by atoms with van der Waals surface area (Å²) in [7, 11) is 0. The smallest absolute Gasteiger partial charge is 0.335 e. The topological polar surface area (TPSA) is 175 Å². The van der Waals surface area contributed by atoms with Gasteiger partial charge in [-0.05, 0) is 83.5 Å². The largest absolute Gasteiger partial charge is 0.479 e. The molecule has 79 heavy (non-hydrogen) atoms. The van der Waals surface area contributed by atoms with Gasteiger partial charge in [-0.1, -0.05) is 248 Å². The molecule has 0 spiro atoms. The molecule has 6 atom stereocenters. The highest BCUT2D eigenvalue weighted by Gasteiger charge is 2.50. The normalized spacial score (nSPS) is 18.2. The Bertz CT molecular complexity index is 1600. The molecule has 12 nitrogen and oxygen atoms in total. The van der Waals surface area contributed by atoms with Gasteiger partial charge in [0.15, 0.2) is 24.6 Å². The van der Waals surface area contributed by atoms with Gasteiger partial charge in [0.25, 0.3) is 0 Å². The predicted octanol–water partition coefficient (Wildman–Crippen LogP) is 17.1. The first-order chi connectivity index (χ1) is 38.6. The summed E-state index contributed by atoms with van der Waals surface area (Å²) < 4.78 is 28.5. The number of esters is 3. The quantitative estimate of drug-likeness (QED) is 0.0228. The van der Waals surface area contributed by atoms with Crippen LogP contribution in [0, 0.1) is 0 Å². The number of aliphatic hydroxyl groups excluding tert-OH is 2. The highest BCUT2D eigenvalue weighted by molar-refractivity contribution is 5.74. The molecular weight excluding hydrogens is 997 g/mol. The molecule has 1 heterocycles. The molecule has 1 fully saturated rings. The molecule has 0 bridgehead atoms. The molecule has 0 aromatic carbocycles. The van der Waals surface area contributed by atoms with E-state index in [1.54, 1.807) is 0 Å². The van der Waals surface area contributed by atoms with Gasteiger partial charge in [0, 0.05) is 19.3 Å². The molecule has 0 saturated carbocycles. The Morgan fingerprint density at radius 2 is 0.797 bits per heavy atom. The number of aliphatic carboxylic acids is 1. The second-order valence-electron chi connectivity index (χ2n) is 22.0. The van der Waals surface area contributed by atoms with Crippen LogP contribution in [0.3, 0.4) is 0 Å². The molecular formula is C67H116O12. The van der Waals surface area contributed by atoms with Crippen molar-refractivity contribution in [1.29, 1.82) is 0 Å². The van der Waals surface area contributed by atoms with Gasteiger partial charge in [-0.3, -0.25) is 14.4 Å². The van der Waals surface area contributed by atoms with Crippen molar-refractivity contribution in [2.45, 2.75) is 327 Å². The van der Waals surface area contributed by atoms with E-state index in [2.05, 4.69) is 81.5 Å². The SMILES string of the molecule is CC/C=C\C/C=C\C/C=C\CCCCCCCC(=O)OC1C(OCC(COC(=O)CCCCCCCCCCC/C=C\C/C=C\CCCCC)OC(=O)CCCCCCCCCCCCCCCCC)OC(C(=O)O)C(O)C1O. The first-order valence-corrected chi connectivity index (χ1v) is 32.3. The van der Waals surface area contributed by atoms with Crippen molar-refractivity contribution in [3.63, 3.8) is 0 Å². The lowest BCUT2D eigenvalue weighted by atomic mass is 9.98. The highest BCUT2D eigenvalue weighted by atomic mass is 16.7. The number of ether oxygens (including phenoxy) is 5. The molecule has 1 aliphatic rings. The van der Waals surface area contributed by atoms with Gasteiger partial charge in [-0.15, -0.1) is 0 Å². The highest BCUT2D eigenvalue weighted by Crippen LogP contribution is 2.27. The van der Waals surface area contributed by atoms with Gasteiger partial charge in [0.2, 0.25) is 0 Å². The fourth-order valence-electron chi connectivity index (χ4n) is 9.65. The van der Waals surface area contributed by atoms with Crippen LogP contribution in [0.1, 0.15) is 290 Å². The molecule has 0 aromatic heterocycles. The fraction of sp³-hybridized carbons (Fsp3) is 0.791. The Morgan fingerprint density at radius 3 is 1.24 bits per heavy atom. The van der Waals surface area contributed by atoms with E-state index in [0.717, 1.165) is 103 Å². The van der Waals surface area contributed by atoms with E-state index in [1.165, 1.54) is 128 Å². The second kappa shape index (κ2) is 55.0. The first kappa shape index (κ1) is 73.4. The molecule has 12 heteroatoms. The monoisotopic (exact) mass is 1110 g/mol. The van der Waals surface area contributed by atoms with Crippen LogP contribution in [0.2, 0.25) is 0 Å². The Morgan fingerprint density at radius 1 is 0.430 bits per heavy atom. The molecule has 1 saturated heterocycles. The molecule has 1 rings (SSSR count). The van der Waals surface area contributed by atoms with Crippen LogP contribution < -0.4 is 0 Å². The van der Waals surface area contributed by atoms with Crippen LogP contribution in [0.25, 0.3) is 0 Å². The van der Waals surface area contributed by atoms with Crippen LogP contribution in [0.5, 0.6) is 0 Å². The van der Waals surface area contributed by atoms with Crippen molar-refractivity contribution in [1.82, 2.24) is 0 Å². The summed E-state index contributed by atoms with van der Waals surface area (Å²) in [5.74, 6) is -3.12. The third kappa shape index (κ3) is 44.7. The molecule has 0 amide bonds. The van der Waals surface area contributed by atoms with E-state index < -0.39 is 67.3 Å². The summed E-state index contributed by atoms with van der Waals surface area (Å²) in [5.41, 5.74) is 0. The zero-order valence-electron chi connectivity index (χ0n) is 50.4. The van der Waals surface area contributed by atoms with Crippen molar-refractivity contribution >= 4 is 23.9 Å². The van der Waals surface area contributed by atoms with Crippen LogP contribution >= 0.6 is 0 Å². The molecule has 6 unspecified atom stereocenters. The van der Waals surface area contributed by atoms with E-state index in [-0.39, 0.29) is 25.9 Å². The molecule has 1 aliphatic heterocycles. The van der Waals surface area contributed by atoms with E-state index in [0.29, 0.717) is 19.3 Å². The lowest BCUT2D eigenvalue weighted by Gasteiger charge is -2.40. The summed E-state index contributed by atoms with van der Waals surface area (Å²) >= 11 is 0. The van der Waals surface area contributed by atoms with E-state index in [9.17, 15) is 34.5 Å². The molecule has 0 aliphatic carbocycles. The number of hydrogen-bond acceptors (Lipinski definition) is 11. The number of carboxylic acid groups (broad SMARTS) is 1. The molecule has 3 N–H and O–H groups in total. The Kier molecular flexibility index (Phi) is 51.1. The van der Waals surface area contributed by atoms with Crippen molar-refractivity contribution in [2.75, 3.05) is 13.2 Å². The Labute approximate surface area is 481 Å². The van der Waals surface area contributed by atoms with Crippen molar-refractivity contribution < 1.29 is 58.2 Å². The first-order valence-electron chi connectivity index (χ1n) is 32.3. The lowest BCUT2D eigenvalue weighted by molar-refractivity contribution is -0.301. The standard InChI is InChI=1S/C67H116O12/c1-4-7-10-13-16-19-22-25-28-29-30-31-34-35-38-41-44-47-50-53-59(68)75-56-58(77-60(69)54-51-48-45-42-39-36-32-26-23-20-17-14-11-8-5-2)57-76-67-65(63(72)62(71)64(79-67)66(73)74)78-61(70)55-52-49-46-43-40-37-33-27-24-21-18-15-12-9-6-3/h9,12,16,18-19,21,25,27-28,33,58,62-65,67,71-72H,4-8,10-11,13-15,17,20,22-24,26,29-32,34-57H2,1-3H3,(H,73,74)/b12-9-,19-16-,21-18-,28-25-,33-27-. The number of allylic oxidation sites excluding steroid dienone is 10. The predicted molar refractivity (Wildman–Crippen MR) is 322 cm³/mol. The van der Waals surface area contributed by atoms with E-state index in [4.69, 9.17) is 23.7 Å². The molecule has 0 aromatic rings. The third-order valence-corrected chi connectivity index (χ3v) is 14.6. The van der Waals surface area contributed by atoms with Gasteiger partial charge >= 0.3 is 23.9 Å². The lowest BCUT2D eigenvalue weighted by Crippen LogP contribution is -2.61. The van der Waals surface area contributed by atoms with Crippen molar-refractivity contribution in [3.05, 3.63) is 60.8 Å². The van der Waals surface area contributed by atoms with Gasteiger partial charge in [-0.2, -0.15) is 0 Å². The zero-order valence-corrected chi connectivity index (χ0v) is 50.4. The molecule has 0 radical (unpaired) electrons. The van der Waals surface area contributed by atoms with Gasteiger partial charge in [-0.25, -0.2) is 4.79 Å². The Balaban J connectivity index is 2.66. The second-order valence-corrected chi connectivity index (χ2v) is 22.0. The number of carboxylic acids is 1. The maximum atomic E-state index is 13.2. The molecule has 456 valence electrons. The number of hydrogen-bond donors (Lipinski definition) is 3. The summed E-state index contributed by atoms with van der Waals surface area (Å²) in [6.07, 6.45) is 56.0. The minimum Gasteiger partial charge on any atom is -0.479 e. The maximum Gasteiger partial charge on any atom is 0.335 e. The minimum atomic E-state index is -1.91. The van der Waals surface area contributed by atoms with E-state index in [1.807, 2.05) is 0 Å². The minimum absolute atomic E-state index is 0.0415. The summed E-state index contributed by atoms with van der Waals surface area (Å²) in [5, 5.41) is 31.6. The average Bonchev–Trinajstić information content (AvgIpc) is 3.44. The zero-order chi connectivity index (χ0) is 57.5.